The van der Waals surface area contributed by atoms with Crippen molar-refractivity contribution in [1.82, 2.24) is 10.2 Å². The van der Waals surface area contributed by atoms with E-state index in [9.17, 15) is 18.0 Å². The predicted molar refractivity (Wildman–Crippen MR) is 155 cm³/mol. The van der Waals surface area contributed by atoms with Crippen LogP contribution in [-0.2, 0) is 26.2 Å². The Labute approximate surface area is 241 Å². The third kappa shape index (κ3) is 7.50. The summed E-state index contributed by atoms with van der Waals surface area (Å²) in [4.78, 5) is 28.1. The van der Waals surface area contributed by atoms with Gasteiger partial charge >= 0.3 is 0 Å². The van der Waals surface area contributed by atoms with Crippen LogP contribution in [0, 0.1) is 0 Å². The Morgan fingerprint density at radius 3 is 2.37 bits per heavy atom. The first-order valence-electron chi connectivity index (χ1n) is 11.9. The predicted octanol–water partition coefficient (Wildman–Crippen LogP) is 5.89. The number of halogens is 3. The highest BCUT2D eigenvalue weighted by atomic mass is 79.9. The largest absolute Gasteiger partial charge is 0.354 e. The molecule has 0 unspecified atom stereocenters. The minimum absolute atomic E-state index is 0.0175. The first-order chi connectivity index (χ1) is 18.0. The normalized spacial score (nSPS) is 12.0. The number of nitrogens with one attached hydrogen (secondary N) is 1. The molecule has 0 saturated carbocycles. The van der Waals surface area contributed by atoms with E-state index in [1.165, 1.54) is 35.2 Å². The Bertz CT molecular complexity index is 1390. The van der Waals surface area contributed by atoms with Crippen LogP contribution in [0.15, 0.2) is 82.2 Å². The van der Waals surface area contributed by atoms with Crippen LogP contribution in [0.5, 0.6) is 0 Å². The summed E-state index contributed by atoms with van der Waals surface area (Å²) in [6, 6.07) is 18.6. The minimum atomic E-state index is -4.23. The van der Waals surface area contributed by atoms with Crippen molar-refractivity contribution in [3.8, 4) is 0 Å². The Balaban J connectivity index is 2.05. The van der Waals surface area contributed by atoms with E-state index in [0.29, 0.717) is 6.54 Å². The maximum Gasteiger partial charge on any atom is 0.264 e. The van der Waals surface area contributed by atoms with Crippen molar-refractivity contribution in [1.29, 1.82) is 0 Å². The molecule has 0 aliphatic heterocycles. The molecule has 3 aromatic carbocycles. The number of nitrogens with zero attached hydrogens (tertiary/aromatic N) is 2. The highest BCUT2D eigenvalue weighted by Crippen LogP contribution is 2.33. The van der Waals surface area contributed by atoms with Crippen molar-refractivity contribution in [3.05, 3.63) is 92.9 Å². The van der Waals surface area contributed by atoms with Gasteiger partial charge in [0.2, 0.25) is 11.8 Å². The average Bonchev–Trinajstić information content (AvgIpc) is 2.90. The lowest BCUT2D eigenvalue weighted by Gasteiger charge is -2.32. The lowest BCUT2D eigenvalue weighted by molar-refractivity contribution is -0.139. The Morgan fingerprint density at radius 1 is 1.00 bits per heavy atom. The molecule has 0 radical (unpaired) electrons. The van der Waals surface area contributed by atoms with Gasteiger partial charge in [0.15, 0.2) is 0 Å². The highest BCUT2D eigenvalue weighted by Gasteiger charge is 2.33. The molecule has 38 heavy (non-hydrogen) atoms. The number of anilines is 1. The molecule has 0 heterocycles. The van der Waals surface area contributed by atoms with Crippen LogP contribution in [-0.4, -0.2) is 44.3 Å². The summed E-state index contributed by atoms with van der Waals surface area (Å²) < 4.78 is 29.3. The lowest BCUT2D eigenvalue weighted by Crippen LogP contribution is -2.51. The van der Waals surface area contributed by atoms with E-state index in [1.54, 1.807) is 25.1 Å². The number of hydrogen-bond acceptors (Lipinski definition) is 4. The van der Waals surface area contributed by atoms with Gasteiger partial charge in [-0.1, -0.05) is 76.4 Å². The summed E-state index contributed by atoms with van der Waals surface area (Å²) >= 11 is 16.0. The van der Waals surface area contributed by atoms with Gasteiger partial charge in [-0.25, -0.2) is 8.42 Å². The lowest BCUT2D eigenvalue weighted by atomic mass is 10.1. The zero-order valence-electron chi connectivity index (χ0n) is 20.9. The summed E-state index contributed by atoms with van der Waals surface area (Å²) in [5.41, 5.74) is 0.822. The van der Waals surface area contributed by atoms with Crippen molar-refractivity contribution in [2.45, 2.75) is 37.8 Å². The number of amides is 2. The number of hydrogen-bond donors (Lipinski definition) is 1. The molecular formula is C27H28BrCl2N3O4S. The van der Waals surface area contributed by atoms with Gasteiger partial charge in [-0.05, 0) is 61.4 Å². The standard InChI is InChI=1S/C27H28BrCl2N3O4S/c1-3-14-31-27(35)19(2)32(17-20-8-7-9-21(28)15-20)26(34)18-33(25-16-22(29)12-13-24(25)30)38(36,37)23-10-5-4-6-11-23/h4-13,15-16,19H,3,14,17-18H2,1-2H3,(H,31,35)/t19-/m1/s1. The third-order valence-electron chi connectivity index (χ3n) is 5.75. The van der Waals surface area contributed by atoms with Crippen molar-refractivity contribution < 1.29 is 18.0 Å². The summed E-state index contributed by atoms with van der Waals surface area (Å²) in [5.74, 6) is -0.923. The molecule has 0 aliphatic carbocycles. The molecule has 1 N–H and O–H groups in total. The van der Waals surface area contributed by atoms with Gasteiger partial charge in [-0.3, -0.25) is 13.9 Å². The van der Waals surface area contributed by atoms with Gasteiger partial charge in [0.1, 0.15) is 12.6 Å². The monoisotopic (exact) mass is 639 g/mol. The van der Waals surface area contributed by atoms with Crippen LogP contribution >= 0.6 is 39.1 Å². The van der Waals surface area contributed by atoms with Crippen molar-refractivity contribution in [3.63, 3.8) is 0 Å². The summed E-state index contributed by atoms with van der Waals surface area (Å²) in [6.45, 7) is 3.48. The second-order valence-electron chi connectivity index (χ2n) is 8.54. The minimum Gasteiger partial charge on any atom is -0.354 e. The number of rotatable bonds is 11. The maximum atomic E-state index is 13.9. The molecule has 202 valence electrons. The van der Waals surface area contributed by atoms with Gasteiger partial charge in [0.05, 0.1) is 15.6 Å². The summed E-state index contributed by atoms with van der Waals surface area (Å²) in [6.07, 6.45) is 0.731. The Hall–Kier alpha value is -2.59. The molecule has 3 rings (SSSR count). The first-order valence-corrected chi connectivity index (χ1v) is 14.9. The second-order valence-corrected chi connectivity index (χ2v) is 12.2. The van der Waals surface area contributed by atoms with Crippen LogP contribution in [0.3, 0.4) is 0 Å². The number of carbonyl (C=O) groups is 2. The summed E-state index contributed by atoms with van der Waals surface area (Å²) in [5, 5.41) is 3.17. The van der Waals surface area contributed by atoms with E-state index < -0.39 is 28.5 Å². The molecular weight excluding hydrogens is 613 g/mol. The molecule has 3 aromatic rings. The van der Waals surface area contributed by atoms with Crippen molar-refractivity contribution >= 4 is 66.7 Å². The zero-order chi connectivity index (χ0) is 27.9. The molecule has 0 saturated heterocycles. The Kier molecular flexibility index (Phi) is 10.6. The first kappa shape index (κ1) is 30.0. The van der Waals surface area contributed by atoms with Gasteiger partial charge in [0, 0.05) is 22.6 Å². The Morgan fingerprint density at radius 2 is 1.71 bits per heavy atom. The van der Waals surface area contributed by atoms with Gasteiger partial charge < -0.3 is 10.2 Å². The molecule has 0 bridgehead atoms. The van der Waals surface area contributed by atoms with Crippen molar-refractivity contribution in [2.24, 2.45) is 0 Å². The molecule has 0 aromatic heterocycles. The second kappa shape index (κ2) is 13.5. The molecule has 0 fully saturated rings. The van der Waals surface area contributed by atoms with Crippen LogP contribution in [0.2, 0.25) is 10.0 Å². The molecule has 0 spiro atoms. The van der Waals surface area contributed by atoms with Crippen LogP contribution in [0.25, 0.3) is 0 Å². The quantitative estimate of drug-likeness (QED) is 0.283. The molecule has 2 amide bonds. The molecule has 1 atom stereocenters. The molecule has 11 heteroatoms. The van der Waals surface area contributed by atoms with Crippen LogP contribution < -0.4 is 9.62 Å². The van der Waals surface area contributed by atoms with Gasteiger partial charge in [-0.15, -0.1) is 0 Å². The SMILES string of the molecule is CCCNC(=O)[C@@H](C)N(Cc1cccc(Br)c1)C(=O)CN(c1cc(Cl)ccc1Cl)S(=O)(=O)c1ccccc1. The van der Waals surface area contributed by atoms with E-state index in [-0.39, 0.29) is 33.1 Å². The smallest absolute Gasteiger partial charge is 0.264 e. The van der Waals surface area contributed by atoms with E-state index >= 15 is 0 Å². The fourth-order valence-corrected chi connectivity index (χ4v) is 6.05. The molecule has 0 aliphatic rings. The van der Waals surface area contributed by atoms with Gasteiger partial charge in [-0.2, -0.15) is 0 Å². The van der Waals surface area contributed by atoms with E-state index in [2.05, 4.69) is 21.2 Å². The van der Waals surface area contributed by atoms with E-state index in [4.69, 9.17) is 23.2 Å². The van der Waals surface area contributed by atoms with Crippen molar-refractivity contribution in [2.75, 3.05) is 17.4 Å². The zero-order valence-corrected chi connectivity index (χ0v) is 24.8. The topological polar surface area (TPSA) is 86.8 Å². The van der Waals surface area contributed by atoms with Gasteiger partial charge in [0.25, 0.3) is 10.0 Å². The molecule has 7 nitrogen and oxygen atoms in total. The maximum absolute atomic E-state index is 13.9. The fraction of sp³-hybridized carbons (Fsp3) is 0.259. The van der Waals surface area contributed by atoms with Crippen LogP contribution in [0.1, 0.15) is 25.8 Å². The van der Waals surface area contributed by atoms with E-state index in [1.807, 2.05) is 31.2 Å². The number of carbonyl (C=O) groups excluding carboxylic acids is 2. The fourth-order valence-electron chi connectivity index (χ4n) is 3.72. The van der Waals surface area contributed by atoms with E-state index in [0.717, 1.165) is 20.8 Å². The average molecular weight is 641 g/mol. The summed E-state index contributed by atoms with van der Waals surface area (Å²) in [7, 11) is -4.23. The van der Waals surface area contributed by atoms with Crippen LogP contribution in [0.4, 0.5) is 5.69 Å². The highest BCUT2D eigenvalue weighted by molar-refractivity contribution is 9.10. The number of sulfonamides is 1. The number of benzene rings is 3. The third-order valence-corrected chi connectivity index (χ3v) is 8.57.